The lowest BCUT2D eigenvalue weighted by Crippen LogP contribution is -2.32. The molecule has 0 aromatic heterocycles. The van der Waals surface area contributed by atoms with E-state index >= 15 is 0 Å². The predicted molar refractivity (Wildman–Crippen MR) is 216 cm³/mol. The quantitative estimate of drug-likeness (QED) is 0.0212. The van der Waals surface area contributed by atoms with Gasteiger partial charge in [-0.1, -0.05) is 75.9 Å². The molecule has 1 aromatic carbocycles. The fourth-order valence-corrected chi connectivity index (χ4v) is 7.99. The zero-order valence-corrected chi connectivity index (χ0v) is 34.7. The van der Waals surface area contributed by atoms with Gasteiger partial charge in [0.25, 0.3) is 13.2 Å². The van der Waals surface area contributed by atoms with Crippen molar-refractivity contribution < 1.29 is 52.6 Å². The molecule has 0 spiro atoms. The summed E-state index contributed by atoms with van der Waals surface area (Å²) in [6.07, 6.45) is 0.276. The molecule has 0 saturated carbocycles. The smallest absolute Gasteiger partial charge is 0.490 e. The van der Waals surface area contributed by atoms with Crippen molar-refractivity contribution in [2.75, 3.05) is 71.5 Å². The van der Waals surface area contributed by atoms with Crippen LogP contribution in [0.3, 0.4) is 0 Å². The first-order valence-corrected chi connectivity index (χ1v) is 22.5. The fraction of sp³-hybridized carbons (Fsp3) is 0.636. The van der Waals surface area contributed by atoms with E-state index in [4.69, 9.17) is 44.2 Å². The molecular weight excluding hydrogens is 800 g/mol. The number of hydrogen-bond donors (Lipinski definition) is 4. The molecule has 5 atom stereocenters. The summed E-state index contributed by atoms with van der Waals surface area (Å²) in [6, 6.07) is 6.47. The summed E-state index contributed by atoms with van der Waals surface area (Å²) in [4.78, 5) is 36.3. The second-order valence-electron chi connectivity index (χ2n) is 11.8. The highest BCUT2D eigenvalue weighted by molar-refractivity contribution is 8.77. The molecule has 0 bridgehead atoms. The second-order valence-corrected chi connectivity index (χ2v) is 18.4. The van der Waals surface area contributed by atoms with Gasteiger partial charge in [-0.2, -0.15) is 11.1 Å². The third kappa shape index (κ3) is 21.8. The molecule has 21 heteroatoms. The summed E-state index contributed by atoms with van der Waals surface area (Å²) in [6.45, 7) is 7.23. The van der Waals surface area contributed by atoms with Gasteiger partial charge in [-0.25, -0.2) is 4.79 Å². The van der Waals surface area contributed by atoms with Gasteiger partial charge < -0.3 is 54.6 Å². The van der Waals surface area contributed by atoms with Crippen LogP contribution in [0.5, 0.6) is 5.75 Å². The van der Waals surface area contributed by atoms with Crippen LogP contribution >= 0.6 is 54.9 Å². The summed E-state index contributed by atoms with van der Waals surface area (Å²) in [7, 11) is 7.59. The normalized spacial score (nSPS) is 17.6. The maximum absolute atomic E-state index is 12.3. The lowest BCUT2D eigenvalue weighted by atomic mass is 9.71. The Bertz CT molecular complexity index is 1380. The molecule has 1 heterocycles. The fourth-order valence-electron chi connectivity index (χ4n) is 4.11. The summed E-state index contributed by atoms with van der Waals surface area (Å²) < 4.78 is 39.2. The zero-order valence-electron chi connectivity index (χ0n) is 30.6. The Morgan fingerprint density at radius 3 is 2.69 bits per heavy atom. The standard InChI is InChI=1S/C33H48BN4O11S5/c1-33(2,3)54-53-29(19-45-24-8-5-7-23(15-24)31(41)38-12-10-35)44-14-13-43-18-28(40)37-11-6-9-34-27-16-25(26(17-39)48-27)49-30(52-50-4)20-46-32(42)47-22-51-21-36/h5,7-8,15,25-27,29-30,39H,10-14,16-20,22,35H2,1-4H3,(H,37,40)(H,38,41)/t25-,26?,27-,29?,30-/m1/s1. The van der Waals surface area contributed by atoms with Gasteiger partial charge in [0.2, 0.25) is 5.91 Å². The van der Waals surface area contributed by atoms with Gasteiger partial charge >= 0.3 is 6.16 Å². The first kappa shape index (κ1) is 48.0. The first-order valence-electron chi connectivity index (χ1n) is 16.7. The van der Waals surface area contributed by atoms with Crippen LogP contribution in [0.4, 0.5) is 4.79 Å². The third-order valence-electron chi connectivity index (χ3n) is 6.40. The zero-order chi connectivity index (χ0) is 39.6. The molecule has 2 rings (SSSR count). The third-order valence-corrected chi connectivity index (χ3v) is 12.2. The second kappa shape index (κ2) is 28.3. The van der Waals surface area contributed by atoms with E-state index in [0.29, 0.717) is 30.8 Å². The van der Waals surface area contributed by atoms with Crippen LogP contribution in [0.25, 0.3) is 0 Å². The molecule has 5 N–H and O–H groups in total. The Balaban J connectivity index is 1.70. The van der Waals surface area contributed by atoms with Gasteiger partial charge in [0, 0.05) is 29.4 Å². The summed E-state index contributed by atoms with van der Waals surface area (Å²) in [5, 5.41) is 25.5. The van der Waals surface area contributed by atoms with Crippen LogP contribution in [0.15, 0.2) is 24.3 Å². The number of ether oxygens (including phenoxy) is 7. The molecule has 299 valence electrons. The molecule has 1 aromatic rings. The molecule has 54 heavy (non-hydrogen) atoms. The van der Waals surface area contributed by atoms with Crippen LogP contribution in [0.1, 0.15) is 37.6 Å². The van der Waals surface area contributed by atoms with Crippen LogP contribution in [0.2, 0.25) is 0 Å². The highest BCUT2D eigenvalue weighted by Crippen LogP contribution is 2.38. The number of aliphatic hydroxyl groups is 1. The Labute approximate surface area is 338 Å². The number of thioether (sulfide) groups is 1. The van der Waals surface area contributed by atoms with Crippen molar-refractivity contribution in [3.63, 3.8) is 0 Å². The van der Waals surface area contributed by atoms with Gasteiger partial charge in [0.1, 0.15) is 47.9 Å². The number of nitriles is 1. The molecule has 1 saturated heterocycles. The van der Waals surface area contributed by atoms with Crippen molar-refractivity contribution in [2.45, 2.75) is 61.0 Å². The molecule has 1 fully saturated rings. The van der Waals surface area contributed by atoms with Crippen LogP contribution in [-0.4, -0.2) is 136 Å². The van der Waals surface area contributed by atoms with Crippen molar-refractivity contribution in [3.8, 4) is 22.9 Å². The van der Waals surface area contributed by atoms with Gasteiger partial charge in [0.15, 0.2) is 5.94 Å². The SMILES string of the molecule is CSS[C@H](COC(=O)OCSC#N)O[C@@H]1C[C@H]([B]C#CCNC(=O)COCCOC(COc2cccc(C(=O)NCCN)c2)SSC(C)(C)C)OC1CO. The molecule has 1 aliphatic rings. The van der Waals surface area contributed by atoms with E-state index < -0.39 is 29.8 Å². The Morgan fingerprint density at radius 2 is 1.96 bits per heavy atom. The Morgan fingerprint density at radius 1 is 1.15 bits per heavy atom. The minimum Gasteiger partial charge on any atom is -0.490 e. The maximum atomic E-state index is 12.3. The summed E-state index contributed by atoms with van der Waals surface area (Å²) in [5.74, 6) is 5.55. The number of carbonyl (C=O) groups is 3. The minimum atomic E-state index is -0.910. The van der Waals surface area contributed by atoms with Gasteiger partial charge in [-0.05, 0) is 42.6 Å². The Kier molecular flexibility index (Phi) is 25.1. The van der Waals surface area contributed by atoms with Crippen LogP contribution in [-0.2, 0) is 33.2 Å². The van der Waals surface area contributed by atoms with Gasteiger partial charge in [0.05, 0.1) is 32.5 Å². The maximum Gasteiger partial charge on any atom is 0.509 e. The topological polar surface area (TPSA) is 210 Å². The number of thiocyanates is 1. The minimum absolute atomic E-state index is 0.0165. The molecule has 0 aliphatic carbocycles. The lowest BCUT2D eigenvalue weighted by molar-refractivity contribution is -0.126. The van der Waals surface area contributed by atoms with Crippen molar-refractivity contribution in [1.29, 1.82) is 5.26 Å². The number of benzene rings is 1. The van der Waals surface area contributed by atoms with Crippen molar-refractivity contribution >= 4 is 80.2 Å². The largest absolute Gasteiger partial charge is 0.509 e. The van der Waals surface area contributed by atoms with Gasteiger partial charge in [-0.3, -0.25) is 9.59 Å². The molecule has 2 amide bonds. The van der Waals surface area contributed by atoms with Crippen molar-refractivity contribution in [2.24, 2.45) is 5.73 Å². The molecular formula is C33H48BN4O11S5. The number of rotatable bonds is 25. The monoisotopic (exact) mass is 847 g/mol. The number of carbonyl (C=O) groups excluding carboxylic acids is 3. The lowest BCUT2D eigenvalue weighted by Gasteiger charge is -2.23. The van der Waals surface area contributed by atoms with Crippen molar-refractivity contribution in [3.05, 3.63) is 29.8 Å². The molecule has 2 unspecified atom stereocenters. The van der Waals surface area contributed by atoms with E-state index in [1.807, 2.05) is 6.26 Å². The number of nitrogens with two attached hydrogens (primary N) is 1. The number of hydrogen-bond acceptors (Lipinski definition) is 18. The molecule has 1 aliphatic heterocycles. The Hall–Kier alpha value is -2.15. The summed E-state index contributed by atoms with van der Waals surface area (Å²) in [5.41, 5.74) is 5.05. The molecule has 1 radical (unpaired) electrons. The predicted octanol–water partition coefficient (Wildman–Crippen LogP) is 3.23. The van der Waals surface area contributed by atoms with Crippen molar-refractivity contribution in [1.82, 2.24) is 10.6 Å². The number of nitrogens with one attached hydrogen (secondary N) is 2. The summed E-state index contributed by atoms with van der Waals surface area (Å²) >= 11 is 0.770. The molecule has 15 nitrogen and oxygen atoms in total. The van der Waals surface area contributed by atoms with E-state index in [9.17, 15) is 19.5 Å². The van der Waals surface area contributed by atoms with Crippen LogP contribution in [0, 0.1) is 22.4 Å². The average Bonchev–Trinajstić information content (AvgIpc) is 3.54. The van der Waals surface area contributed by atoms with E-state index in [1.54, 1.807) is 47.7 Å². The number of nitrogens with zero attached hydrogens (tertiary/aromatic N) is 1. The average molecular weight is 848 g/mol. The number of aliphatic hydroxyl groups excluding tert-OH is 1. The van der Waals surface area contributed by atoms with Gasteiger partial charge in [-0.15, -0.1) is 0 Å². The van der Waals surface area contributed by atoms with Crippen LogP contribution < -0.4 is 21.1 Å². The highest BCUT2D eigenvalue weighted by atomic mass is 33.1. The van der Waals surface area contributed by atoms with E-state index in [0.717, 1.165) is 11.8 Å². The van der Waals surface area contributed by atoms with E-state index in [1.165, 1.54) is 32.4 Å². The first-order chi connectivity index (χ1) is 26.0. The number of amides is 2. The van der Waals surface area contributed by atoms with E-state index in [2.05, 4.69) is 43.1 Å². The highest BCUT2D eigenvalue weighted by Gasteiger charge is 2.37. The van der Waals surface area contributed by atoms with E-state index in [-0.39, 0.29) is 74.1 Å².